The maximum Gasteiger partial charge on any atom is 0.332 e. The second kappa shape index (κ2) is 10.0. The fourth-order valence-electron chi connectivity index (χ4n) is 4.36. The van der Waals surface area contributed by atoms with Crippen molar-refractivity contribution in [3.05, 3.63) is 45.1 Å². The van der Waals surface area contributed by atoms with E-state index in [2.05, 4.69) is 39.1 Å². The third-order valence-electron chi connectivity index (χ3n) is 6.49. The molecule has 1 aromatic carbocycles. The molecule has 0 unspecified atom stereocenters. The van der Waals surface area contributed by atoms with Crippen molar-refractivity contribution in [3.8, 4) is 17.1 Å². The molecule has 0 amide bonds. The molecule has 0 aliphatic carbocycles. The zero-order valence-corrected chi connectivity index (χ0v) is 20.6. The van der Waals surface area contributed by atoms with Crippen molar-refractivity contribution in [2.75, 3.05) is 40.3 Å². The molecule has 0 saturated carbocycles. The van der Waals surface area contributed by atoms with Gasteiger partial charge in [0.1, 0.15) is 12.4 Å². The number of hydrogen-bond acceptors (Lipinski definition) is 8. The first-order chi connectivity index (χ1) is 16.3. The van der Waals surface area contributed by atoms with Gasteiger partial charge in [-0.15, -0.1) is 10.2 Å². The van der Waals surface area contributed by atoms with E-state index in [9.17, 15) is 9.59 Å². The van der Waals surface area contributed by atoms with E-state index < -0.39 is 11.2 Å². The van der Waals surface area contributed by atoms with Crippen LogP contribution >= 0.6 is 0 Å². The summed E-state index contributed by atoms with van der Waals surface area (Å²) >= 11 is 0. The summed E-state index contributed by atoms with van der Waals surface area (Å²) in [5, 5.41) is 8.36. The van der Waals surface area contributed by atoms with Crippen LogP contribution in [0.4, 0.5) is 0 Å². The zero-order valence-electron chi connectivity index (χ0n) is 20.6. The smallest absolute Gasteiger partial charge is 0.332 e. The van der Waals surface area contributed by atoms with Gasteiger partial charge in [0.15, 0.2) is 17.0 Å². The van der Waals surface area contributed by atoms with Crippen LogP contribution in [0.2, 0.25) is 0 Å². The molecule has 1 saturated heterocycles. The van der Waals surface area contributed by atoms with Gasteiger partial charge in [-0.3, -0.25) is 18.8 Å². The normalized spacial score (nSPS) is 15.5. The van der Waals surface area contributed by atoms with E-state index in [0.29, 0.717) is 18.5 Å². The van der Waals surface area contributed by atoms with Gasteiger partial charge in [-0.2, -0.15) is 0 Å². The largest absolute Gasteiger partial charge is 0.492 e. The quantitative estimate of drug-likeness (QED) is 0.516. The number of likely N-dealkylation sites (tertiary alicyclic amines) is 1. The molecule has 2 aromatic heterocycles. The molecule has 0 spiro atoms. The van der Waals surface area contributed by atoms with E-state index >= 15 is 0 Å². The van der Waals surface area contributed by atoms with Crippen LogP contribution < -0.4 is 16.0 Å². The standard InChI is InChI=1S/C24H33N7O3/c1-16(2)31-22-20(23(32)29(5)24(31)33)25-21(26-27-22)17-6-8-19(9-7-17)34-15-14-30-12-10-18(11-13-30)28(3)4/h6-9,16,18H,10-15H2,1-5H3. The number of fused-ring (bicyclic) bond motifs is 1. The molecule has 10 heteroatoms. The van der Waals surface area contributed by atoms with E-state index in [1.807, 2.05) is 38.1 Å². The molecule has 182 valence electrons. The number of hydrogen-bond donors (Lipinski definition) is 0. The summed E-state index contributed by atoms with van der Waals surface area (Å²) in [6, 6.07) is 7.94. The monoisotopic (exact) mass is 467 g/mol. The molecule has 0 N–H and O–H groups in total. The van der Waals surface area contributed by atoms with Crippen molar-refractivity contribution in [1.29, 1.82) is 0 Å². The Kier molecular flexibility index (Phi) is 7.08. The Balaban J connectivity index is 1.44. The summed E-state index contributed by atoms with van der Waals surface area (Å²) < 4.78 is 8.42. The van der Waals surface area contributed by atoms with Crippen LogP contribution in [0.3, 0.4) is 0 Å². The molecular weight excluding hydrogens is 434 g/mol. The van der Waals surface area contributed by atoms with Gasteiger partial charge >= 0.3 is 5.69 Å². The second-order valence-corrected chi connectivity index (χ2v) is 9.33. The van der Waals surface area contributed by atoms with Gasteiger partial charge < -0.3 is 9.64 Å². The second-order valence-electron chi connectivity index (χ2n) is 9.33. The Bertz CT molecular complexity index is 1260. The van der Waals surface area contributed by atoms with E-state index in [1.54, 1.807) is 0 Å². The SMILES string of the molecule is CC(C)n1c(=O)n(C)c(=O)c2nc(-c3ccc(OCCN4CCC(N(C)C)CC4)cc3)nnc21. The van der Waals surface area contributed by atoms with Gasteiger partial charge in [0, 0.05) is 31.2 Å². The van der Waals surface area contributed by atoms with Gasteiger partial charge in [-0.1, -0.05) is 0 Å². The highest BCUT2D eigenvalue weighted by molar-refractivity contribution is 5.71. The summed E-state index contributed by atoms with van der Waals surface area (Å²) in [6.07, 6.45) is 2.38. The Hall–Kier alpha value is -3.11. The molecule has 3 aromatic rings. The summed E-state index contributed by atoms with van der Waals surface area (Å²) in [5.74, 6) is 1.10. The summed E-state index contributed by atoms with van der Waals surface area (Å²) in [4.78, 5) is 34.3. The first kappa shape index (κ1) is 24.0. The van der Waals surface area contributed by atoms with Gasteiger partial charge in [-0.25, -0.2) is 9.78 Å². The fourth-order valence-corrected chi connectivity index (χ4v) is 4.36. The topological polar surface area (TPSA) is 98.4 Å². The van der Waals surface area contributed by atoms with Crippen LogP contribution in [0.1, 0.15) is 32.7 Å². The van der Waals surface area contributed by atoms with Crippen molar-refractivity contribution in [3.63, 3.8) is 0 Å². The van der Waals surface area contributed by atoms with Gasteiger partial charge in [0.25, 0.3) is 5.56 Å². The van der Waals surface area contributed by atoms with E-state index in [-0.39, 0.29) is 17.2 Å². The van der Waals surface area contributed by atoms with E-state index in [4.69, 9.17) is 4.74 Å². The highest BCUT2D eigenvalue weighted by atomic mass is 16.5. The summed E-state index contributed by atoms with van der Waals surface area (Å²) in [5.41, 5.74) is 0.125. The molecule has 1 aliphatic rings. The van der Waals surface area contributed by atoms with Crippen LogP contribution in [-0.4, -0.2) is 80.5 Å². The summed E-state index contributed by atoms with van der Waals surface area (Å²) in [6.45, 7) is 7.43. The van der Waals surface area contributed by atoms with Crippen molar-refractivity contribution in [2.45, 2.75) is 38.8 Å². The predicted molar refractivity (Wildman–Crippen MR) is 131 cm³/mol. The lowest BCUT2D eigenvalue weighted by molar-refractivity contribution is 0.128. The lowest BCUT2D eigenvalue weighted by Crippen LogP contribution is -2.43. The van der Waals surface area contributed by atoms with Gasteiger partial charge in [-0.05, 0) is 78.1 Å². The lowest BCUT2D eigenvalue weighted by Gasteiger charge is -2.35. The fraction of sp³-hybridized carbons (Fsp3) is 0.542. The molecule has 34 heavy (non-hydrogen) atoms. The van der Waals surface area contributed by atoms with Crippen LogP contribution in [-0.2, 0) is 7.05 Å². The van der Waals surface area contributed by atoms with Gasteiger partial charge in [0.05, 0.1) is 0 Å². The van der Waals surface area contributed by atoms with Crippen LogP contribution in [0.15, 0.2) is 33.9 Å². The maximum absolute atomic E-state index is 12.7. The lowest BCUT2D eigenvalue weighted by atomic mass is 10.0. The average Bonchev–Trinajstić information content (AvgIpc) is 2.83. The minimum atomic E-state index is -0.484. The molecule has 1 aliphatic heterocycles. The number of aromatic nitrogens is 5. The zero-order chi connectivity index (χ0) is 24.4. The van der Waals surface area contributed by atoms with E-state index in [0.717, 1.165) is 35.5 Å². The van der Waals surface area contributed by atoms with Crippen molar-refractivity contribution in [1.82, 2.24) is 34.1 Å². The Morgan fingerprint density at radius 1 is 1.09 bits per heavy atom. The third-order valence-corrected chi connectivity index (χ3v) is 6.49. The summed E-state index contributed by atoms with van der Waals surface area (Å²) in [7, 11) is 5.74. The first-order valence-corrected chi connectivity index (χ1v) is 11.7. The molecule has 0 atom stereocenters. The third kappa shape index (κ3) is 4.88. The number of nitrogens with zero attached hydrogens (tertiary/aromatic N) is 7. The predicted octanol–water partition coefficient (Wildman–Crippen LogP) is 1.54. The van der Waals surface area contributed by atoms with Crippen molar-refractivity contribution >= 4 is 11.2 Å². The number of piperidine rings is 1. The molecule has 0 radical (unpaired) electrons. The van der Waals surface area contributed by atoms with Crippen LogP contribution in [0.5, 0.6) is 5.75 Å². The minimum absolute atomic E-state index is 0.124. The molecule has 3 heterocycles. The minimum Gasteiger partial charge on any atom is -0.492 e. The first-order valence-electron chi connectivity index (χ1n) is 11.7. The van der Waals surface area contributed by atoms with Gasteiger partial charge in [0.2, 0.25) is 0 Å². The highest BCUT2D eigenvalue weighted by Gasteiger charge is 2.20. The molecular formula is C24H33N7O3. The molecule has 0 bridgehead atoms. The average molecular weight is 468 g/mol. The molecule has 1 fully saturated rings. The van der Waals surface area contributed by atoms with E-state index in [1.165, 1.54) is 24.5 Å². The number of rotatable bonds is 7. The van der Waals surface area contributed by atoms with Crippen LogP contribution in [0.25, 0.3) is 22.6 Å². The highest BCUT2D eigenvalue weighted by Crippen LogP contribution is 2.20. The number of benzene rings is 1. The molecule has 4 rings (SSSR count). The Morgan fingerprint density at radius 2 is 1.76 bits per heavy atom. The number of ether oxygens (including phenoxy) is 1. The Labute approximate surface area is 198 Å². The van der Waals surface area contributed by atoms with Crippen molar-refractivity contribution < 1.29 is 4.74 Å². The maximum atomic E-state index is 12.7. The Morgan fingerprint density at radius 3 is 2.38 bits per heavy atom. The van der Waals surface area contributed by atoms with Crippen molar-refractivity contribution in [2.24, 2.45) is 7.05 Å². The molecule has 10 nitrogen and oxygen atoms in total. The van der Waals surface area contributed by atoms with Crippen LogP contribution in [0, 0.1) is 0 Å².